The number of carboxylic acids is 1. The molecule has 0 aliphatic heterocycles. The topological polar surface area (TPSA) is 92.4 Å². The summed E-state index contributed by atoms with van der Waals surface area (Å²) in [5.74, 6) is -1.38. The predicted molar refractivity (Wildman–Crippen MR) is 66.5 cm³/mol. The van der Waals surface area contributed by atoms with Crippen molar-refractivity contribution >= 4 is 11.9 Å². The van der Waals surface area contributed by atoms with E-state index in [1.54, 1.807) is 0 Å². The van der Waals surface area contributed by atoms with Crippen LogP contribution in [0.1, 0.15) is 40.0 Å². The molecule has 1 amide bonds. The Morgan fingerprint density at radius 3 is 2.35 bits per heavy atom. The van der Waals surface area contributed by atoms with E-state index in [2.05, 4.69) is 5.32 Å². The first kappa shape index (κ1) is 15.9. The molecule has 0 radical (unpaired) electrons. The number of hydrogen-bond acceptors (Lipinski definition) is 3. The second kappa shape index (κ2) is 8.06. The lowest BCUT2D eigenvalue weighted by Crippen LogP contribution is -2.43. The zero-order valence-corrected chi connectivity index (χ0v) is 10.9. The fraction of sp³-hybridized carbons (Fsp3) is 0.833. The number of nitrogens with one attached hydrogen (secondary N) is 1. The Labute approximate surface area is 103 Å². The standard InChI is InChI=1S/C12H24N2O3/c1-4-5-10(13)11(15)14-7-9(12(16)17)6-8(2)3/h8-10H,4-7,13H2,1-3H3,(H,14,15)(H,16,17). The fourth-order valence-corrected chi connectivity index (χ4v) is 1.64. The van der Waals surface area contributed by atoms with Gasteiger partial charge in [0.05, 0.1) is 12.0 Å². The highest BCUT2D eigenvalue weighted by molar-refractivity contribution is 5.82. The summed E-state index contributed by atoms with van der Waals surface area (Å²) in [6.45, 7) is 6.02. The van der Waals surface area contributed by atoms with Crippen molar-refractivity contribution in [2.75, 3.05) is 6.54 Å². The van der Waals surface area contributed by atoms with Gasteiger partial charge < -0.3 is 16.2 Å². The molecule has 5 heteroatoms. The second-order valence-corrected chi connectivity index (χ2v) is 4.81. The van der Waals surface area contributed by atoms with Crippen LogP contribution in [0, 0.1) is 11.8 Å². The number of carboxylic acid groups (broad SMARTS) is 1. The number of amides is 1. The van der Waals surface area contributed by atoms with E-state index in [0.717, 1.165) is 6.42 Å². The van der Waals surface area contributed by atoms with Gasteiger partial charge in [0.2, 0.25) is 5.91 Å². The van der Waals surface area contributed by atoms with Crippen LogP contribution in [0.5, 0.6) is 0 Å². The van der Waals surface area contributed by atoms with Crippen LogP contribution in [0.25, 0.3) is 0 Å². The Hall–Kier alpha value is -1.10. The molecule has 0 saturated carbocycles. The summed E-state index contributed by atoms with van der Waals surface area (Å²) in [6, 6.07) is -0.534. The molecular formula is C12H24N2O3. The maximum absolute atomic E-state index is 11.5. The van der Waals surface area contributed by atoms with Crippen LogP contribution in [-0.4, -0.2) is 29.6 Å². The number of carbonyl (C=O) groups is 2. The molecule has 4 N–H and O–H groups in total. The third-order valence-electron chi connectivity index (χ3n) is 2.56. The molecule has 0 aromatic rings. The average Bonchev–Trinajstić information content (AvgIpc) is 2.23. The fourth-order valence-electron chi connectivity index (χ4n) is 1.64. The van der Waals surface area contributed by atoms with E-state index in [-0.39, 0.29) is 18.4 Å². The Morgan fingerprint density at radius 1 is 1.35 bits per heavy atom. The minimum Gasteiger partial charge on any atom is -0.481 e. The van der Waals surface area contributed by atoms with Gasteiger partial charge in [-0.05, 0) is 18.8 Å². The predicted octanol–water partition coefficient (Wildman–Crippen LogP) is 0.977. The number of hydrogen-bond donors (Lipinski definition) is 3. The summed E-state index contributed by atoms with van der Waals surface area (Å²) in [7, 11) is 0. The SMILES string of the molecule is CCCC(N)C(=O)NCC(CC(C)C)C(=O)O. The maximum atomic E-state index is 11.5. The molecule has 17 heavy (non-hydrogen) atoms. The van der Waals surface area contributed by atoms with Gasteiger partial charge in [0, 0.05) is 6.54 Å². The highest BCUT2D eigenvalue weighted by atomic mass is 16.4. The highest BCUT2D eigenvalue weighted by Gasteiger charge is 2.21. The van der Waals surface area contributed by atoms with Crippen LogP contribution in [0.15, 0.2) is 0 Å². The Kier molecular flexibility index (Phi) is 7.54. The molecule has 100 valence electrons. The summed E-state index contributed by atoms with van der Waals surface area (Å²) >= 11 is 0. The summed E-state index contributed by atoms with van der Waals surface area (Å²) < 4.78 is 0. The average molecular weight is 244 g/mol. The molecule has 5 nitrogen and oxygen atoms in total. The molecule has 0 aliphatic rings. The highest BCUT2D eigenvalue weighted by Crippen LogP contribution is 2.11. The van der Waals surface area contributed by atoms with Crippen LogP contribution in [0.4, 0.5) is 0 Å². The minimum absolute atomic E-state index is 0.157. The van der Waals surface area contributed by atoms with Crippen molar-refractivity contribution in [3.05, 3.63) is 0 Å². The molecule has 0 rings (SSSR count). The molecule has 2 atom stereocenters. The molecule has 2 unspecified atom stereocenters. The van der Waals surface area contributed by atoms with Crippen molar-refractivity contribution in [1.29, 1.82) is 0 Å². The van der Waals surface area contributed by atoms with Crippen LogP contribution in [-0.2, 0) is 9.59 Å². The van der Waals surface area contributed by atoms with Crippen molar-refractivity contribution in [2.24, 2.45) is 17.6 Å². The van der Waals surface area contributed by atoms with Gasteiger partial charge >= 0.3 is 5.97 Å². The lowest BCUT2D eigenvalue weighted by atomic mass is 9.97. The monoisotopic (exact) mass is 244 g/mol. The Morgan fingerprint density at radius 2 is 1.94 bits per heavy atom. The van der Waals surface area contributed by atoms with Crippen molar-refractivity contribution in [2.45, 2.75) is 46.1 Å². The second-order valence-electron chi connectivity index (χ2n) is 4.81. The summed E-state index contributed by atoms with van der Waals surface area (Å²) in [4.78, 5) is 22.5. The Bertz CT molecular complexity index is 254. The number of nitrogens with two attached hydrogens (primary N) is 1. The zero-order valence-electron chi connectivity index (χ0n) is 10.9. The van der Waals surface area contributed by atoms with Crippen molar-refractivity contribution in [3.63, 3.8) is 0 Å². The molecule has 0 heterocycles. The van der Waals surface area contributed by atoms with Gasteiger partial charge in [-0.3, -0.25) is 9.59 Å². The molecule has 0 fully saturated rings. The molecule has 0 aromatic carbocycles. The number of carbonyl (C=O) groups excluding carboxylic acids is 1. The van der Waals surface area contributed by atoms with E-state index in [1.165, 1.54) is 0 Å². The first-order chi connectivity index (χ1) is 7.88. The van der Waals surface area contributed by atoms with Crippen LogP contribution in [0.2, 0.25) is 0 Å². The molecule has 0 spiro atoms. The zero-order chi connectivity index (χ0) is 13.4. The van der Waals surface area contributed by atoms with Crippen molar-refractivity contribution in [1.82, 2.24) is 5.32 Å². The third-order valence-corrected chi connectivity index (χ3v) is 2.56. The number of rotatable bonds is 8. The first-order valence-corrected chi connectivity index (χ1v) is 6.14. The lowest BCUT2D eigenvalue weighted by molar-refractivity contribution is -0.142. The van der Waals surface area contributed by atoms with E-state index in [1.807, 2.05) is 20.8 Å². The van der Waals surface area contributed by atoms with Crippen molar-refractivity contribution in [3.8, 4) is 0 Å². The van der Waals surface area contributed by atoms with Gasteiger partial charge in [-0.25, -0.2) is 0 Å². The minimum atomic E-state index is -0.872. The molecule has 0 saturated heterocycles. The molecule has 0 bridgehead atoms. The quantitative estimate of drug-likeness (QED) is 0.593. The summed E-state index contributed by atoms with van der Waals surface area (Å²) in [6.07, 6.45) is 2.01. The van der Waals surface area contributed by atoms with E-state index in [0.29, 0.717) is 12.8 Å². The van der Waals surface area contributed by atoms with E-state index >= 15 is 0 Å². The smallest absolute Gasteiger partial charge is 0.308 e. The largest absolute Gasteiger partial charge is 0.481 e. The summed E-state index contributed by atoms with van der Waals surface area (Å²) in [5.41, 5.74) is 5.63. The van der Waals surface area contributed by atoms with E-state index < -0.39 is 17.9 Å². The van der Waals surface area contributed by atoms with Crippen LogP contribution in [0.3, 0.4) is 0 Å². The van der Waals surface area contributed by atoms with E-state index in [4.69, 9.17) is 10.8 Å². The van der Waals surface area contributed by atoms with Gasteiger partial charge in [-0.1, -0.05) is 27.2 Å². The van der Waals surface area contributed by atoms with Crippen molar-refractivity contribution < 1.29 is 14.7 Å². The van der Waals surface area contributed by atoms with Crippen LogP contribution < -0.4 is 11.1 Å². The molecule has 0 aromatic heterocycles. The van der Waals surface area contributed by atoms with Gasteiger partial charge in [0.15, 0.2) is 0 Å². The van der Waals surface area contributed by atoms with E-state index in [9.17, 15) is 9.59 Å². The normalized spacial score (nSPS) is 14.4. The number of aliphatic carboxylic acids is 1. The van der Waals surface area contributed by atoms with Gasteiger partial charge in [-0.15, -0.1) is 0 Å². The Balaban J connectivity index is 4.12. The lowest BCUT2D eigenvalue weighted by Gasteiger charge is -2.17. The summed E-state index contributed by atoms with van der Waals surface area (Å²) in [5, 5.41) is 11.6. The van der Waals surface area contributed by atoms with Gasteiger partial charge in [-0.2, -0.15) is 0 Å². The van der Waals surface area contributed by atoms with Crippen LogP contribution >= 0.6 is 0 Å². The third kappa shape index (κ3) is 6.94. The van der Waals surface area contributed by atoms with Gasteiger partial charge in [0.1, 0.15) is 0 Å². The van der Waals surface area contributed by atoms with Gasteiger partial charge in [0.25, 0.3) is 0 Å². The molecule has 0 aliphatic carbocycles. The first-order valence-electron chi connectivity index (χ1n) is 6.14. The maximum Gasteiger partial charge on any atom is 0.308 e. The molecular weight excluding hydrogens is 220 g/mol.